The number of rotatable bonds is 4. The van der Waals surface area contributed by atoms with Gasteiger partial charge in [-0.15, -0.1) is 6.42 Å². The Morgan fingerprint density at radius 1 is 1.56 bits per heavy atom. The highest BCUT2D eigenvalue weighted by Gasteiger charge is 1.95. The predicted octanol–water partition coefficient (Wildman–Crippen LogP) is 1.02. The zero-order chi connectivity index (χ0) is 7.11. The van der Waals surface area contributed by atoms with Crippen LogP contribution >= 0.6 is 0 Å². The summed E-state index contributed by atoms with van der Waals surface area (Å²) >= 11 is 0. The van der Waals surface area contributed by atoms with Crippen molar-refractivity contribution in [2.45, 2.75) is 20.1 Å². The summed E-state index contributed by atoms with van der Waals surface area (Å²) in [6.45, 7) is 4.71. The van der Waals surface area contributed by atoms with Gasteiger partial charge in [-0.05, 0) is 13.8 Å². The van der Waals surface area contributed by atoms with Gasteiger partial charge in [0.2, 0.25) is 0 Å². The molecule has 0 aromatic carbocycles. The fourth-order valence-corrected chi connectivity index (χ4v) is 0.448. The Kier molecular flexibility index (Phi) is 5.29. The average Bonchev–Trinajstić information content (AvgIpc) is 1.85. The number of hydrogen-bond acceptors (Lipinski definition) is 2. The first-order chi connectivity index (χ1) is 4.31. The van der Waals surface area contributed by atoms with E-state index in [1.54, 1.807) is 0 Å². The van der Waals surface area contributed by atoms with E-state index in [9.17, 15) is 0 Å². The van der Waals surface area contributed by atoms with Crippen LogP contribution in [0.4, 0.5) is 0 Å². The van der Waals surface area contributed by atoms with Gasteiger partial charge in [0.1, 0.15) is 6.61 Å². The fraction of sp³-hybridized carbons (Fsp3) is 0.714. The van der Waals surface area contributed by atoms with Crippen LogP contribution in [0, 0.1) is 12.3 Å². The number of hydrogen-bond donors (Lipinski definition) is 0. The van der Waals surface area contributed by atoms with Crippen molar-refractivity contribution >= 4 is 0 Å². The van der Waals surface area contributed by atoms with E-state index in [4.69, 9.17) is 15.9 Å². The van der Waals surface area contributed by atoms with Crippen LogP contribution in [0.3, 0.4) is 0 Å². The third kappa shape index (κ3) is 5.35. The zero-order valence-corrected chi connectivity index (χ0v) is 5.89. The zero-order valence-electron chi connectivity index (χ0n) is 5.89. The van der Waals surface area contributed by atoms with Crippen molar-refractivity contribution in [1.29, 1.82) is 0 Å². The van der Waals surface area contributed by atoms with E-state index in [0.29, 0.717) is 13.2 Å². The van der Waals surface area contributed by atoms with Crippen LogP contribution in [-0.4, -0.2) is 19.5 Å². The molecule has 2 nitrogen and oxygen atoms in total. The van der Waals surface area contributed by atoms with E-state index in [-0.39, 0.29) is 6.29 Å². The van der Waals surface area contributed by atoms with Crippen LogP contribution in [-0.2, 0) is 9.47 Å². The summed E-state index contributed by atoms with van der Waals surface area (Å²) in [5.74, 6) is 2.35. The standard InChI is InChI=1S/C7H12O2/c1-4-6-9-7(3)8-5-2/h1,7H,5-6H2,2-3H3/t7-/m0/s1. The van der Waals surface area contributed by atoms with Crippen LogP contribution < -0.4 is 0 Å². The summed E-state index contributed by atoms with van der Waals surface area (Å²) in [4.78, 5) is 0. The second-order valence-electron chi connectivity index (χ2n) is 1.54. The Labute approximate surface area is 56.2 Å². The van der Waals surface area contributed by atoms with Gasteiger partial charge in [0.05, 0.1) is 0 Å². The smallest absolute Gasteiger partial charge is 0.156 e. The van der Waals surface area contributed by atoms with Gasteiger partial charge in [0.15, 0.2) is 6.29 Å². The normalized spacial score (nSPS) is 12.6. The molecule has 0 N–H and O–H groups in total. The lowest BCUT2D eigenvalue weighted by atomic mass is 10.7. The van der Waals surface area contributed by atoms with Gasteiger partial charge in [0, 0.05) is 6.61 Å². The molecule has 0 saturated heterocycles. The van der Waals surface area contributed by atoms with E-state index >= 15 is 0 Å². The van der Waals surface area contributed by atoms with Gasteiger partial charge in [-0.1, -0.05) is 5.92 Å². The van der Waals surface area contributed by atoms with Gasteiger partial charge < -0.3 is 9.47 Å². The third-order valence-corrected chi connectivity index (χ3v) is 0.803. The van der Waals surface area contributed by atoms with Crippen molar-refractivity contribution in [3.63, 3.8) is 0 Å². The molecule has 0 bridgehead atoms. The Balaban J connectivity index is 3.07. The van der Waals surface area contributed by atoms with Crippen LogP contribution in [0.2, 0.25) is 0 Å². The molecule has 52 valence electrons. The molecule has 1 atom stereocenters. The number of terminal acetylenes is 1. The summed E-state index contributed by atoms with van der Waals surface area (Å²) < 4.78 is 10.00. The molecule has 0 aliphatic carbocycles. The lowest BCUT2D eigenvalue weighted by molar-refractivity contribution is -0.117. The van der Waals surface area contributed by atoms with Crippen molar-refractivity contribution in [2.75, 3.05) is 13.2 Å². The highest BCUT2D eigenvalue weighted by Crippen LogP contribution is 1.90. The predicted molar refractivity (Wildman–Crippen MR) is 35.9 cm³/mol. The molecule has 0 aromatic heterocycles. The monoisotopic (exact) mass is 128 g/mol. The molecule has 0 fully saturated rings. The van der Waals surface area contributed by atoms with Gasteiger partial charge >= 0.3 is 0 Å². The highest BCUT2D eigenvalue weighted by molar-refractivity contribution is 4.82. The first-order valence-corrected chi connectivity index (χ1v) is 2.98. The Morgan fingerprint density at radius 2 is 2.22 bits per heavy atom. The molecule has 0 aliphatic heterocycles. The molecule has 2 heteroatoms. The van der Waals surface area contributed by atoms with Gasteiger partial charge in [-0.2, -0.15) is 0 Å². The molecule has 0 heterocycles. The molecule has 9 heavy (non-hydrogen) atoms. The fourth-order valence-electron chi connectivity index (χ4n) is 0.448. The summed E-state index contributed by atoms with van der Waals surface area (Å²) in [6.07, 6.45) is 4.77. The largest absolute Gasteiger partial charge is 0.353 e. The molecule has 0 amide bonds. The minimum Gasteiger partial charge on any atom is -0.353 e. The van der Waals surface area contributed by atoms with Crippen LogP contribution in [0.15, 0.2) is 0 Å². The summed E-state index contributed by atoms with van der Waals surface area (Å²) in [6, 6.07) is 0. The lowest BCUT2D eigenvalue weighted by Gasteiger charge is -2.09. The highest BCUT2D eigenvalue weighted by atomic mass is 16.7. The molecule has 0 aromatic rings. The van der Waals surface area contributed by atoms with Crippen LogP contribution in [0.1, 0.15) is 13.8 Å². The molecule has 0 unspecified atom stereocenters. The Hall–Kier alpha value is -0.520. The van der Waals surface area contributed by atoms with E-state index < -0.39 is 0 Å². The molecule has 0 spiro atoms. The first kappa shape index (κ1) is 8.48. The first-order valence-electron chi connectivity index (χ1n) is 2.98. The Morgan fingerprint density at radius 3 is 2.67 bits per heavy atom. The summed E-state index contributed by atoms with van der Waals surface area (Å²) in [5, 5.41) is 0. The molecule has 0 radical (unpaired) electrons. The van der Waals surface area contributed by atoms with E-state index in [2.05, 4.69) is 5.92 Å². The maximum atomic E-state index is 5.03. The number of ether oxygens (including phenoxy) is 2. The molecule has 0 rings (SSSR count). The summed E-state index contributed by atoms with van der Waals surface area (Å²) in [7, 11) is 0. The quantitative estimate of drug-likeness (QED) is 0.415. The maximum Gasteiger partial charge on any atom is 0.156 e. The minimum absolute atomic E-state index is 0.175. The SMILES string of the molecule is C#CCO[C@@H](C)OCC. The van der Waals surface area contributed by atoms with Gasteiger partial charge in [-0.25, -0.2) is 0 Å². The second kappa shape index (κ2) is 5.61. The minimum atomic E-state index is -0.175. The Bertz CT molecular complexity index is 93.6. The van der Waals surface area contributed by atoms with Crippen LogP contribution in [0.25, 0.3) is 0 Å². The topological polar surface area (TPSA) is 18.5 Å². The molecular weight excluding hydrogens is 116 g/mol. The van der Waals surface area contributed by atoms with Gasteiger partial charge in [-0.3, -0.25) is 0 Å². The third-order valence-electron chi connectivity index (χ3n) is 0.803. The van der Waals surface area contributed by atoms with Crippen molar-refractivity contribution in [1.82, 2.24) is 0 Å². The summed E-state index contributed by atoms with van der Waals surface area (Å²) in [5.41, 5.74) is 0. The molecule has 0 aliphatic rings. The lowest BCUT2D eigenvalue weighted by Crippen LogP contribution is -2.12. The van der Waals surface area contributed by atoms with E-state index in [1.807, 2.05) is 13.8 Å². The van der Waals surface area contributed by atoms with Crippen molar-refractivity contribution in [3.8, 4) is 12.3 Å². The van der Waals surface area contributed by atoms with E-state index in [0.717, 1.165) is 0 Å². The van der Waals surface area contributed by atoms with Crippen molar-refractivity contribution in [2.24, 2.45) is 0 Å². The molecule has 0 saturated carbocycles. The van der Waals surface area contributed by atoms with Gasteiger partial charge in [0.25, 0.3) is 0 Å². The second-order valence-corrected chi connectivity index (χ2v) is 1.54. The van der Waals surface area contributed by atoms with E-state index in [1.165, 1.54) is 0 Å². The van der Waals surface area contributed by atoms with Crippen molar-refractivity contribution in [3.05, 3.63) is 0 Å². The van der Waals surface area contributed by atoms with Crippen LogP contribution in [0.5, 0.6) is 0 Å². The average molecular weight is 128 g/mol. The van der Waals surface area contributed by atoms with Crippen molar-refractivity contribution < 1.29 is 9.47 Å². The maximum absolute atomic E-state index is 5.03. The molecular formula is C7H12O2.